The fourth-order valence-corrected chi connectivity index (χ4v) is 3.29. The van der Waals surface area contributed by atoms with Gasteiger partial charge in [0, 0.05) is 11.1 Å². The van der Waals surface area contributed by atoms with Crippen molar-refractivity contribution in [2.45, 2.75) is 32.7 Å². The van der Waals surface area contributed by atoms with E-state index in [-0.39, 0.29) is 5.91 Å². The van der Waals surface area contributed by atoms with E-state index in [0.29, 0.717) is 39.9 Å². The SMILES string of the molecule is CC1CCCN(CC(=O)Nc2c(N)cc(Cl)cc2Cl)C1C. The molecule has 1 fully saturated rings. The van der Waals surface area contributed by atoms with Crippen LogP contribution in [0, 0.1) is 5.92 Å². The van der Waals surface area contributed by atoms with Gasteiger partial charge in [-0.25, -0.2) is 0 Å². The number of carbonyl (C=O) groups excluding carboxylic acids is 1. The second-order valence-corrected chi connectivity index (χ2v) is 6.57. The summed E-state index contributed by atoms with van der Waals surface area (Å²) in [6.07, 6.45) is 2.35. The second kappa shape index (κ2) is 6.86. The van der Waals surface area contributed by atoms with E-state index in [0.717, 1.165) is 13.0 Å². The average Bonchev–Trinajstić information content (AvgIpc) is 2.39. The quantitative estimate of drug-likeness (QED) is 0.832. The monoisotopic (exact) mass is 329 g/mol. The van der Waals surface area contributed by atoms with Crippen LogP contribution >= 0.6 is 23.2 Å². The summed E-state index contributed by atoms with van der Waals surface area (Å²) in [6.45, 7) is 5.69. The zero-order valence-electron chi connectivity index (χ0n) is 12.3. The Morgan fingerprint density at radius 3 is 2.81 bits per heavy atom. The number of carbonyl (C=O) groups is 1. The van der Waals surface area contributed by atoms with Crippen molar-refractivity contribution >= 4 is 40.5 Å². The molecular weight excluding hydrogens is 309 g/mol. The normalized spacial score (nSPS) is 23.0. The number of anilines is 2. The van der Waals surface area contributed by atoms with Gasteiger partial charge in [-0.3, -0.25) is 9.69 Å². The number of nitrogens with zero attached hydrogens (tertiary/aromatic N) is 1. The Hall–Kier alpha value is -0.970. The molecule has 1 heterocycles. The third-order valence-corrected chi connectivity index (χ3v) is 4.72. The maximum atomic E-state index is 12.2. The molecule has 4 nitrogen and oxygen atoms in total. The van der Waals surface area contributed by atoms with Crippen molar-refractivity contribution in [2.75, 3.05) is 24.1 Å². The van der Waals surface area contributed by atoms with Crippen LogP contribution in [-0.4, -0.2) is 29.9 Å². The van der Waals surface area contributed by atoms with Crippen LogP contribution in [-0.2, 0) is 4.79 Å². The first-order valence-corrected chi connectivity index (χ1v) is 7.92. The van der Waals surface area contributed by atoms with E-state index in [9.17, 15) is 4.79 Å². The topological polar surface area (TPSA) is 58.4 Å². The third kappa shape index (κ3) is 4.02. The van der Waals surface area contributed by atoms with Gasteiger partial charge in [-0.15, -0.1) is 0 Å². The Labute approximate surface area is 135 Å². The molecule has 1 amide bonds. The van der Waals surface area contributed by atoms with Gasteiger partial charge in [-0.05, 0) is 44.4 Å². The smallest absolute Gasteiger partial charge is 0.238 e. The van der Waals surface area contributed by atoms with Crippen LogP contribution in [0.3, 0.4) is 0 Å². The zero-order chi connectivity index (χ0) is 15.6. The fourth-order valence-electron chi connectivity index (χ4n) is 2.73. The van der Waals surface area contributed by atoms with E-state index in [1.165, 1.54) is 6.42 Å². The molecule has 0 saturated carbocycles. The van der Waals surface area contributed by atoms with Crippen LogP contribution in [0.15, 0.2) is 12.1 Å². The summed E-state index contributed by atoms with van der Waals surface area (Å²) in [6, 6.07) is 3.55. The van der Waals surface area contributed by atoms with Gasteiger partial charge >= 0.3 is 0 Å². The molecule has 2 atom stereocenters. The number of nitrogens with two attached hydrogens (primary N) is 1. The van der Waals surface area contributed by atoms with Crippen LogP contribution in [0.25, 0.3) is 0 Å². The van der Waals surface area contributed by atoms with Crippen molar-refractivity contribution in [3.05, 3.63) is 22.2 Å². The highest BCUT2D eigenvalue weighted by molar-refractivity contribution is 6.37. The number of benzene rings is 1. The summed E-state index contributed by atoms with van der Waals surface area (Å²) in [5.41, 5.74) is 6.67. The molecule has 0 aliphatic carbocycles. The third-order valence-electron chi connectivity index (χ3n) is 4.20. The summed E-state index contributed by atoms with van der Waals surface area (Å²) < 4.78 is 0. The van der Waals surface area contributed by atoms with E-state index >= 15 is 0 Å². The van der Waals surface area contributed by atoms with E-state index in [1.54, 1.807) is 12.1 Å². The predicted molar refractivity (Wildman–Crippen MR) is 88.9 cm³/mol. The van der Waals surface area contributed by atoms with Crippen molar-refractivity contribution in [1.82, 2.24) is 4.90 Å². The van der Waals surface area contributed by atoms with Gasteiger partial charge in [-0.1, -0.05) is 30.1 Å². The number of rotatable bonds is 3. The number of halogens is 2. The molecule has 116 valence electrons. The average molecular weight is 330 g/mol. The number of likely N-dealkylation sites (tertiary alicyclic amines) is 1. The number of amides is 1. The summed E-state index contributed by atoms with van der Waals surface area (Å²) >= 11 is 11.9. The van der Waals surface area contributed by atoms with Crippen LogP contribution in [0.5, 0.6) is 0 Å². The van der Waals surface area contributed by atoms with Gasteiger partial charge in [0.15, 0.2) is 0 Å². The maximum Gasteiger partial charge on any atom is 0.238 e. The van der Waals surface area contributed by atoms with Crippen molar-refractivity contribution in [2.24, 2.45) is 5.92 Å². The van der Waals surface area contributed by atoms with Gasteiger partial charge < -0.3 is 11.1 Å². The number of hydrogen-bond acceptors (Lipinski definition) is 3. The maximum absolute atomic E-state index is 12.2. The zero-order valence-corrected chi connectivity index (χ0v) is 13.8. The molecule has 1 aliphatic rings. The Kier molecular flexibility index (Phi) is 5.36. The van der Waals surface area contributed by atoms with Gasteiger partial charge in [-0.2, -0.15) is 0 Å². The minimum atomic E-state index is -0.105. The highest BCUT2D eigenvalue weighted by Crippen LogP contribution is 2.32. The Bertz CT molecular complexity index is 513. The number of hydrogen-bond donors (Lipinski definition) is 2. The van der Waals surface area contributed by atoms with E-state index in [1.807, 2.05) is 0 Å². The molecule has 2 unspecified atom stereocenters. The van der Waals surface area contributed by atoms with Crippen molar-refractivity contribution in [3.63, 3.8) is 0 Å². The fraction of sp³-hybridized carbons (Fsp3) is 0.533. The van der Waals surface area contributed by atoms with E-state index in [2.05, 4.69) is 24.1 Å². The summed E-state index contributed by atoms with van der Waals surface area (Å²) in [7, 11) is 0. The molecule has 21 heavy (non-hydrogen) atoms. The van der Waals surface area contributed by atoms with Gasteiger partial charge in [0.05, 0.1) is 22.9 Å². The predicted octanol–water partition coefficient (Wildman–Crippen LogP) is 3.63. The Morgan fingerprint density at radius 1 is 1.43 bits per heavy atom. The molecule has 3 N–H and O–H groups in total. The van der Waals surface area contributed by atoms with Crippen molar-refractivity contribution < 1.29 is 4.79 Å². The molecule has 0 radical (unpaired) electrons. The summed E-state index contributed by atoms with van der Waals surface area (Å²) in [4.78, 5) is 14.4. The van der Waals surface area contributed by atoms with E-state index < -0.39 is 0 Å². The summed E-state index contributed by atoms with van der Waals surface area (Å²) in [5, 5.41) is 3.60. The second-order valence-electron chi connectivity index (χ2n) is 5.73. The number of piperidine rings is 1. The highest BCUT2D eigenvalue weighted by Gasteiger charge is 2.26. The van der Waals surface area contributed by atoms with Crippen LogP contribution in [0.2, 0.25) is 10.0 Å². The lowest BCUT2D eigenvalue weighted by Crippen LogP contribution is -2.46. The van der Waals surface area contributed by atoms with Gasteiger partial charge in [0.1, 0.15) is 0 Å². The minimum Gasteiger partial charge on any atom is -0.397 e. The van der Waals surface area contributed by atoms with Crippen molar-refractivity contribution in [1.29, 1.82) is 0 Å². The Balaban J connectivity index is 2.02. The molecule has 0 spiro atoms. The molecule has 1 aliphatic heterocycles. The first kappa shape index (κ1) is 16.4. The minimum absolute atomic E-state index is 0.105. The first-order valence-electron chi connectivity index (χ1n) is 7.17. The van der Waals surface area contributed by atoms with Crippen LogP contribution in [0.1, 0.15) is 26.7 Å². The summed E-state index contributed by atoms with van der Waals surface area (Å²) in [5.74, 6) is 0.502. The molecule has 6 heteroatoms. The molecule has 0 aromatic heterocycles. The lowest BCUT2D eigenvalue weighted by atomic mass is 9.92. The molecule has 2 rings (SSSR count). The van der Waals surface area contributed by atoms with Crippen LogP contribution < -0.4 is 11.1 Å². The molecule has 1 aromatic carbocycles. The molecule has 1 saturated heterocycles. The number of nitrogen functional groups attached to an aromatic ring is 1. The van der Waals surface area contributed by atoms with Crippen LogP contribution in [0.4, 0.5) is 11.4 Å². The van der Waals surface area contributed by atoms with Gasteiger partial charge in [0.2, 0.25) is 5.91 Å². The highest BCUT2D eigenvalue weighted by atomic mass is 35.5. The standard InChI is InChI=1S/C15H21Cl2N3O/c1-9-4-3-5-20(10(9)2)8-14(21)19-15-12(17)6-11(16)7-13(15)18/h6-7,9-10H,3-5,8,18H2,1-2H3,(H,19,21). The van der Waals surface area contributed by atoms with Crippen molar-refractivity contribution in [3.8, 4) is 0 Å². The first-order chi connectivity index (χ1) is 9.88. The largest absolute Gasteiger partial charge is 0.397 e. The number of nitrogens with one attached hydrogen (secondary N) is 1. The molecule has 0 bridgehead atoms. The van der Waals surface area contributed by atoms with E-state index in [4.69, 9.17) is 28.9 Å². The van der Waals surface area contributed by atoms with Gasteiger partial charge in [0.25, 0.3) is 0 Å². The lowest BCUT2D eigenvalue weighted by molar-refractivity contribution is -0.118. The molecule has 1 aromatic rings. The Morgan fingerprint density at radius 2 is 2.14 bits per heavy atom. The molecular formula is C15H21Cl2N3O. The lowest BCUT2D eigenvalue weighted by Gasteiger charge is -2.37.